The summed E-state index contributed by atoms with van der Waals surface area (Å²) in [6.45, 7) is 4.68. The Kier molecular flexibility index (Phi) is 13.7. The Labute approximate surface area is 242 Å². The summed E-state index contributed by atoms with van der Waals surface area (Å²) in [6, 6.07) is 13.9. The van der Waals surface area contributed by atoms with E-state index in [1.165, 1.54) is 57.1 Å². The zero-order chi connectivity index (χ0) is 27.9. The summed E-state index contributed by atoms with van der Waals surface area (Å²) in [4.78, 5) is 27.7. The molecule has 1 heterocycles. The quantitative estimate of drug-likeness (QED) is 0.103. The first-order valence-electron chi connectivity index (χ1n) is 14.9. The normalized spacial score (nSPS) is 15.3. The molecule has 0 spiro atoms. The van der Waals surface area contributed by atoms with Crippen molar-refractivity contribution in [2.24, 2.45) is 0 Å². The van der Waals surface area contributed by atoms with Crippen molar-refractivity contribution >= 4 is 27.7 Å². The van der Waals surface area contributed by atoms with Crippen molar-refractivity contribution in [3.05, 3.63) is 69.9 Å². The molecule has 1 fully saturated rings. The van der Waals surface area contributed by atoms with E-state index in [0.717, 1.165) is 61.8 Å². The Bertz CT molecular complexity index is 1000. The van der Waals surface area contributed by atoms with Crippen LogP contribution in [0.1, 0.15) is 113 Å². The van der Waals surface area contributed by atoms with E-state index in [1.807, 2.05) is 12.1 Å². The average molecular weight is 603 g/mol. The molecule has 0 N–H and O–H groups in total. The second-order valence-electron chi connectivity index (χ2n) is 10.9. The van der Waals surface area contributed by atoms with Crippen LogP contribution >= 0.6 is 15.9 Å². The molecular formula is C33H45BrFNO3. The number of halogens is 2. The minimum absolute atomic E-state index is 0.0432. The monoisotopic (exact) mass is 601 g/mol. The van der Waals surface area contributed by atoms with E-state index in [1.54, 1.807) is 12.1 Å². The standard InChI is InChI=1S/C33H45BrFNO3/c1-2-3-4-5-6-7-8-9-10-13-32(38)39-33(28-16-18-29(34)19-17-28)22-25-36(26-23-33)24-11-12-31(37)27-14-20-30(35)21-15-27/h14-21H,2-13,22-26H2,1H3. The summed E-state index contributed by atoms with van der Waals surface area (Å²) in [5.41, 5.74) is 1.01. The molecule has 39 heavy (non-hydrogen) atoms. The predicted octanol–water partition coefficient (Wildman–Crippen LogP) is 9.01. The van der Waals surface area contributed by atoms with Crippen LogP contribution in [0.2, 0.25) is 0 Å². The van der Waals surface area contributed by atoms with Gasteiger partial charge in [0.1, 0.15) is 11.4 Å². The van der Waals surface area contributed by atoms with Crippen molar-refractivity contribution in [3.63, 3.8) is 0 Å². The molecule has 3 rings (SSSR count). The molecule has 0 aliphatic carbocycles. The fourth-order valence-corrected chi connectivity index (χ4v) is 5.70. The van der Waals surface area contributed by atoms with Crippen LogP contribution in [0.25, 0.3) is 0 Å². The largest absolute Gasteiger partial charge is 0.454 e. The number of rotatable bonds is 17. The lowest BCUT2D eigenvalue weighted by molar-refractivity contribution is -0.167. The van der Waals surface area contributed by atoms with Gasteiger partial charge in [-0.1, -0.05) is 86.4 Å². The summed E-state index contributed by atoms with van der Waals surface area (Å²) in [5, 5.41) is 0. The van der Waals surface area contributed by atoms with E-state index < -0.39 is 5.60 Å². The number of benzene rings is 2. The number of carbonyl (C=O) groups excluding carboxylic acids is 2. The lowest BCUT2D eigenvalue weighted by atomic mass is 9.84. The highest BCUT2D eigenvalue weighted by Gasteiger charge is 2.39. The first-order chi connectivity index (χ1) is 18.9. The van der Waals surface area contributed by atoms with Gasteiger partial charge in [0.2, 0.25) is 0 Å². The molecule has 0 amide bonds. The number of hydrogen-bond donors (Lipinski definition) is 0. The van der Waals surface area contributed by atoms with Gasteiger partial charge >= 0.3 is 5.97 Å². The van der Waals surface area contributed by atoms with Gasteiger partial charge in [0.15, 0.2) is 5.78 Å². The Morgan fingerprint density at radius 2 is 1.41 bits per heavy atom. The minimum Gasteiger partial charge on any atom is -0.454 e. The molecule has 0 saturated carbocycles. The van der Waals surface area contributed by atoms with Crippen LogP contribution in [-0.2, 0) is 15.1 Å². The van der Waals surface area contributed by atoms with Crippen LogP contribution in [0.5, 0.6) is 0 Å². The maximum Gasteiger partial charge on any atom is 0.306 e. The number of likely N-dealkylation sites (tertiary alicyclic amines) is 1. The van der Waals surface area contributed by atoms with E-state index >= 15 is 0 Å². The lowest BCUT2D eigenvalue weighted by Gasteiger charge is -2.41. The molecule has 214 valence electrons. The average Bonchev–Trinajstić information content (AvgIpc) is 2.94. The van der Waals surface area contributed by atoms with Gasteiger partial charge in [-0.25, -0.2) is 4.39 Å². The van der Waals surface area contributed by atoms with E-state index in [0.29, 0.717) is 18.4 Å². The third kappa shape index (κ3) is 10.8. The van der Waals surface area contributed by atoms with E-state index in [-0.39, 0.29) is 17.6 Å². The molecule has 2 aromatic carbocycles. The first-order valence-corrected chi connectivity index (χ1v) is 15.7. The molecule has 0 atom stereocenters. The number of nitrogens with zero attached hydrogens (tertiary/aromatic N) is 1. The second-order valence-corrected chi connectivity index (χ2v) is 11.8. The number of piperidine rings is 1. The molecule has 0 radical (unpaired) electrons. The highest BCUT2D eigenvalue weighted by atomic mass is 79.9. The molecule has 1 aliphatic rings. The van der Waals surface area contributed by atoms with Gasteiger partial charge in [-0.3, -0.25) is 9.59 Å². The summed E-state index contributed by atoms with van der Waals surface area (Å²) in [5.74, 6) is -0.385. The van der Waals surface area contributed by atoms with Crippen LogP contribution in [0.3, 0.4) is 0 Å². The summed E-state index contributed by atoms with van der Waals surface area (Å²) < 4.78 is 20.4. The van der Waals surface area contributed by atoms with Gasteiger partial charge in [-0.2, -0.15) is 0 Å². The smallest absolute Gasteiger partial charge is 0.306 e. The molecule has 2 aromatic rings. The van der Waals surface area contributed by atoms with Gasteiger partial charge in [0, 0.05) is 48.8 Å². The zero-order valence-corrected chi connectivity index (χ0v) is 25.2. The minimum atomic E-state index is -0.600. The van der Waals surface area contributed by atoms with Crippen molar-refractivity contribution in [2.45, 2.75) is 102 Å². The highest BCUT2D eigenvalue weighted by Crippen LogP contribution is 2.38. The van der Waals surface area contributed by atoms with E-state index in [2.05, 4.69) is 39.9 Å². The SMILES string of the molecule is CCCCCCCCCCCC(=O)OC1(c2ccc(Br)cc2)CCN(CCCC(=O)c2ccc(F)cc2)CC1. The topological polar surface area (TPSA) is 46.6 Å². The number of unbranched alkanes of at least 4 members (excludes halogenated alkanes) is 8. The van der Waals surface area contributed by atoms with Gasteiger partial charge in [-0.15, -0.1) is 0 Å². The van der Waals surface area contributed by atoms with Crippen molar-refractivity contribution < 1.29 is 18.7 Å². The number of ether oxygens (including phenoxy) is 1. The molecule has 0 bridgehead atoms. The van der Waals surface area contributed by atoms with E-state index in [4.69, 9.17) is 4.74 Å². The maximum atomic E-state index is 13.1. The summed E-state index contributed by atoms with van der Waals surface area (Å²) in [7, 11) is 0. The third-order valence-corrected chi connectivity index (χ3v) is 8.40. The molecule has 1 saturated heterocycles. The Morgan fingerprint density at radius 1 is 0.821 bits per heavy atom. The third-order valence-electron chi connectivity index (χ3n) is 7.87. The Hall–Kier alpha value is -2.05. The van der Waals surface area contributed by atoms with Gasteiger partial charge in [-0.05, 0) is 61.3 Å². The molecule has 4 nitrogen and oxygen atoms in total. The van der Waals surface area contributed by atoms with Gasteiger partial charge < -0.3 is 9.64 Å². The van der Waals surface area contributed by atoms with Gasteiger partial charge in [0.05, 0.1) is 0 Å². The number of Topliss-reactive ketones (excluding diaryl/α,β-unsaturated/α-hetero) is 1. The summed E-state index contributed by atoms with van der Waals surface area (Å²) >= 11 is 3.52. The molecule has 6 heteroatoms. The van der Waals surface area contributed by atoms with Crippen molar-refractivity contribution in [3.8, 4) is 0 Å². The summed E-state index contributed by atoms with van der Waals surface area (Å²) in [6.07, 6.45) is 14.1. The van der Waals surface area contributed by atoms with Crippen molar-refractivity contribution in [1.29, 1.82) is 0 Å². The molecule has 0 unspecified atom stereocenters. The Morgan fingerprint density at radius 3 is 2.03 bits per heavy atom. The number of esters is 1. The lowest BCUT2D eigenvalue weighted by Crippen LogP contribution is -2.45. The molecule has 0 aromatic heterocycles. The fourth-order valence-electron chi connectivity index (χ4n) is 5.43. The second kappa shape index (κ2) is 16.9. The first kappa shape index (κ1) is 31.5. The van der Waals surface area contributed by atoms with Crippen molar-refractivity contribution in [1.82, 2.24) is 4.90 Å². The van der Waals surface area contributed by atoms with Crippen LogP contribution < -0.4 is 0 Å². The number of carbonyl (C=O) groups is 2. The number of hydrogen-bond acceptors (Lipinski definition) is 4. The molecule has 1 aliphatic heterocycles. The fraction of sp³-hybridized carbons (Fsp3) is 0.576. The van der Waals surface area contributed by atoms with Crippen LogP contribution in [0.15, 0.2) is 53.0 Å². The van der Waals surface area contributed by atoms with Crippen molar-refractivity contribution in [2.75, 3.05) is 19.6 Å². The highest BCUT2D eigenvalue weighted by molar-refractivity contribution is 9.10. The van der Waals surface area contributed by atoms with Crippen LogP contribution in [0.4, 0.5) is 4.39 Å². The number of ketones is 1. The van der Waals surface area contributed by atoms with Crippen LogP contribution in [0, 0.1) is 5.82 Å². The maximum absolute atomic E-state index is 13.1. The van der Waals surface area contributed by atoms with Crippen LogP contribution in [-0.4, -0.2) is 36.3 Å². The van der Waals surface area contributed by atoms with E-state index in [9.17, 15) is 14.0 Å². The Balaban J connectivity index is 1.45. The zero-order valence-electron chi connectivity index (χ0n) is 23.6. The predicted molar refractivity (Wildman–Crippen MR) is 159 cm³/mol. The molecular weight excluding hydrogens is 557 g/mol. The van der Waals surface area contributed by atoms with Gasteiger partial charge in [0.25, 0.3) is 0 Å².